The Morgan fingerprint density at radius 2 is 1.91 bits per heavy atom. The number of hydrogen-bond donors (Lipinski definition) is 1. The molecule has 1 saturated carbocycles. The van der Waals surface area contributed by atoms with E-state index in [1.165, 1.54) is 0 Å². The van der Waals surface area contributed by atoms with Crippen LogP contribution in [0.25, 0.3) is 0 Å². The number of nitrogens with zero attached hydrogens (tertiary/aromatic N) is 1. The van der Waals surface area contributed by atoms with Crippen LogP contribution >= 0.6 is 0 Å². The van der Waals surface area contributed by atoms with Gasteiger partial charge in [0.2, 0.25) is 0 Å². The smallest absolute Gasteiger partial charge is 0.322 e. The van der Waals surface area contributed by atoms with E-state index >= 15 is 0 Å². The van der Waals surface area contributed by atoms with E-state index in [4.69, 9.17) is 0 Å². The van der Waals surface area contributed by atoms with Crippen LogP contribution in [0.1, 0.15) is 26.2 Å². The zero-order valence-electron chi connectivity index (χ0n) is 12.7. The number of urea groups is 1. The van der Waals surface area contributed by atoms with E-state index in [1.807, 2.05) is 30.3 Å². The van der Waals surface area contributed by atoms with Gasteiger partial charge in [-0.3, -0.25) is 4.90 Å². The lowest BCUT2D eigenvalue weighted by molar-refractivity contribution is 0.240. The van der Waals surface area contributed by atoms with Crippen molar-refractivity contribution in [1.29, 1.82) is 0 Å². The molecule has 1 N–H and O–H groups in total. The molecule has 1 aliphatic heterocycles. The number of hydrogen-bond acceptors (Lipinski definition) is 3. The van der Waals surface area contributed by atoms with Crippen molar-refractivity contribution in [3.05, 3.63) is 30.3 Å². The lowest BCUT2D eigenvalue weighted by Crippen LogP contribution is -2.49. The maximum absolute atomic E-state index is 12.7. The van der Waals surface area contributed by atoms with Crippen molar-refractivity contribution in [3.63, 3.8) is 0 Å². The first-order chi connectivity index (χ1) is 10.5. The van der Waals surface area contributed by atoms with Gasteiger partial charge < -0.3 is 5.32 Å². The molecular weight excluding hydrogens is 300 g/mol. The lowest BCUT2D eigenvalue weighted by Gasteiger charge is -2.30. The topological polar surface area (TPSA) is 66.5 Å². The summed E-state index contributed by atoms with van der Waals surface area (Å²) in [5.41, 5.74) is 0.861. The Morgan fingerprint density at radius 3 is 2.45 bits per heavy atom. The fourth-order valence-corrected chi connectivity index (χ4v) is 4.74. The molecule has 0 unspecified atom stereocenters. The highest BCUT2D eigenvalue weighted by molar-refractivity contribution is 7.91. The third-order valence-electron chi connectivity index (χ3n) is 4.52. The summed E-state index contributed by atoms with van der Waals surface area (Å²) >= 11 is 0. The Bertz CT molecular complexity index is 641. The molecule has 0 radical (unpaired) electrons. The van der Waals surface area contributed by atoms with Crippen molar-refractivity contribution in [2.24, 2.45) is 5.92 Å². The molecule has 22 heavy (non-hydrogen) atoms. The largest absolute Gasteiger partial charge is 0.334 e. The third-order valence-corrected chi connectivity index (χ3v) is 6.29. The second-order valence-corrected chi connectivity index (χ2v) is 8.56. The molecule has 6 heteroatoms. The Labute approximate surface area is 131 Å². The predicted octanol–water partition coefficient (Wildman–Crippen LogP) is 2.19. The molecule has 120 valence electrons. The van der Waals surface area contributed by atoms with Crippen molar-refractivity contribution in [3.8, 4) is 0 Å². The fourth-order valence-electron chi connectivity index (χ4n) is 3.07. The molecule has 5 nitrogen and oxygen atoms in total. The number of nitrogens with one attached hydrogen (secondary N) is 1. The molecule has 2 aliphatic rings. The maximum atomic E-state index is 12.7. The monoisotopic (exact) mass is 322 g/mol. The summed E-state index contributed by atoms with van der Waals surface area (Å²) < 4.78 is 23.1. The number of sulfone groups is 1. The van der Waals surface area contributed by atoms with Crippen LogP contribution in [0.4, 0.5) is 10.5 Å². The van der Waals surface area contributed by atoms with Crippen molar-refractivity contribution >= 4 is 21.6 Å². The number of carbonyl (C=O) groups is 1. The standard InChI is InChI=1S/C16H22N2O3S/c1-12(13-7-8-13)18(15-5-3-2-4-6-15)16(19)17-14-9-10-22(20,21)11-14/h2-6,12-14H,7-11H2,1H3,(H,17,19)/t12-,14+/m1/s1. The highest BCUT2D eigenvalue weighted by Gasteiger charge is 2.37. The summed E-state index contributed by atoms with van der Waals surface area (Å²) in [6.45, 7) is 2.07. The van der Waals surface area contributed by atoms with Crippen molar-refractivity contribution in [2.75, 3.05) is 16.4 Å². The molecule has 1 heterocycles. The van der Waals surface area contributed by atoms with Crippen LogP contribution in [0.2, 0.25) is 0 Å². The van der Waals surface area contributed by atoms with Crippen LogP contribution in [0.5, 0.6) is 0 Å². The first-order valence-corrected chi connectivity index (χ1v) is 9.63. The molecule has 2 amide bonds. The second kappa shape index (κ2) is 5.91. The molecule has 1 saturated heterocycles. The lowest BCUT2D eigenvalue weighted by atomic mass is 10.1. The second-order valence-electron chi connectivity index (χ2n) is 6.33. The first-order valence-electron chi connectivity index (χ1n) is 7.81. The van der Waals surface area contributed by atoms with Gasteiger partial charge in [0.15, 0.2) is 9.84 Å². The summed E-state index contributed by atoms with van der Waals surface area (Å²) in [5, 5.41) is 2.90. The van der Waals surface area contributed by atoms with Gasteiger partial charge in [0.1, 0.15) is 0 Å². The van der Waals surface area contributed by atoms with E-state index in [0.717, 1.165) is 18.5 Å². The zero-order chi connectivity index (χ0) is 15.7. The van der Waals surface area contributed by atoms with Crippen LogP contribution in [0.15, 0.2) is 30.3 Å². The molecule has 1 aromatic carbocycles. The van der Waals surface area contributed by atoms with E-state index in [-0.39, 0.29) is 29.6 Å². The summed E-state index contributed by atoms with van der Waals surface area (Å²) in [7, 11) is -2.99. The normalized spacial score (nSPS) is 24.7. The quantitative estimate of drug-likeness (QED) is 0.924. The number of anilines is 1. The molecule has 2 fully saturated rings. The predicted molar refractivity (Wildman–Crippen MR) is 86.7 cm³/mol. The van der Waals surface area contributed by atoms with Gasteiger partial charge in [-0.05, 0) is 44.2 Å². The van der Waals surface area contributed by atoms with Gasteiger partial charge in [-0.15, -0.1) is 0 Å². The summed E-state index contributed by atoms with van der Waals surface area (Å²) in [5.74, 6) is 0.763. The minimum Gasteiger partial charge on any atom is -0.334 e. The van der Waals surface area contributed by atoms with E-state index in [0.29, 0.717) is 12.3 Å². The van der Waals surface area contributed by atoms with Gasteiger partial charge in [-0.2, -0.15) is 0 Å². The Kier molecular flexibility index (Phi) is 4.12. The van der Waals surface area contributed by atoms with Crippen LogP contribution < -0.4 is 10.2 Å². The van der Waals surface area contributed by atoms with Gasteiger partial charge in [-0.1, -0.05) is 18.2 Å². The molecule has 0 spiro atoms. The van der Waals surface area contributed by atoms with Crippen LogP contribution in [0, 0.1) is 5.92 Å². The highest BCUT2D eigenvalue weighted by Crippen LogP contribution is 2.37. The van der Waals surface area contributed by atoms with Gasteiger partial charge in [-0.25, -0.2) is 13.2 Å². The highest BCUT2D eigenvalue weighted by atomic mass is 32.2. The molecule has 3 rings (SSSR count). The van der Waals surface area contributed by atoms with E-state index in [2.05, 4.69) is 12.2 Å². The minimum atomic E-state index is -2.99. The Hall–Kier alpha value is -1.56. The average Bonchev–Trinajstić information content (AvgIpc) is 3.26. The van der Waals surface area contributed by atoms with Gasteiger partial charge in [0, 0.05) is 17.8 Å². The number of benzene rings is 1. The third kappa shape index (κ3) is 3.43. The average molecular weight is 322 g/mol. The minimum absolute atomic E-state index is 0.0547. The zero-order valence-corrected chi connectivity index (χ0v) is 13.6. The molecule has 0 bridgehead atoms. The van der Waals surface area contributed by atoms with Gasteiger partial charge in [0.05, 0.1) is 11.5 Å². The summed E-state index contributed by atoms with van der Waals surface area (Å²) in [4.78, 5) is 14.5. The van der Waals surface area contributed by atoms with E-state index in [1.54, 1.807) is 4.90 Å². The SMILES string of the molecule is C[C@H](C1CC1)N(C(=O)N[C@H]1CCS(=O)(=O)C1)c1ccccc1. The Balaban J connectivity index is 1.75. The maximum Gasteiger partial charge on any atom is 0.322 e. The molecule has 2 atom stereocenters. The first kappa shape index (κ1) is 15.3. The number of rotatable bonds is 4. The molecular formula is C16H22N2O3S. The van der Waals surface area contributed by atoms with Crippen molar-refractivity contribution < 1.29 is 13.2 Å². The Morgan fingerprint density at radius 1 is 1.23 bits per heavy atom. The molecule has 1 aliphatic carbocycles. The number of para-hydroxylation sites is 1. The van der Waals surface area contributed by atoms with Crippen LogP contribution in [0.3, 0.4) is 0 Å². The summed E-state index contributed by atoms with van der Waals surface area (Å²) in [6.07, 6.45) is 2.81. The van der Waals surface area contributed by atoms with E-state index < -0.39 is 9.84 Å². The number of carbonyl (C=O) groups excluding carboxylic acids is 1. The molecule has 1 aromatic rings. The van der Waals surface area contributed by atoms with Crippen molar-refractivity contribution in [1.82, 2.24) is 5.32 Å². The summed E-state index contributed by atoms with van der Waals surface area (Å²) in [6, 6.07) is 9.26. The van der Waals surface area contributed by atoms with Crippen molar-refractivity contribution in [2.45, 2.75) is 38.3 Å². The number of amides is 2. The van der Waals surface area contributed by atoms with Gasteiger partial charge in [0.25, 0.3) is 0 Å². The molecule has 0 aromatic heterocycles. The fraction of sp³-hybridized carbons (Fsp3) is 0.562. The van der Waals surface area contributed by atoms with Crippen LogP contribution in [-0.2, 0) is 9.84 Å². The van der Waals surface area contributed by atoms with Gasteiger partial charge >= 0.3 is 6.03 Å². The van der Waals surface area contributed by atoms with E-state index in [9.17, 15) is 13.2 Å². The van der Waals surface area contributed by atoms with Crippen LogP contribution in [-0.4, -0.2) is 38.0 Å².